The first-order valence-corrected chi connectivity index (χ1v) is 6.37. The summed E-state index contributed by atoms with van der Waals surface area (Å²) in [5, 5.41) is 3.06. The molecule has 1 aliphatic carbocycles. The van der Waals surface area contributed by atoms with Crippen LogP contribution in [0, 0.1) is 10.8 Å². The van der Waals surface area contributed by atoms with Gasteiger partial charge in [0.25, 0.3) is 0 Å². The molecule has 4 heteroatoms. The first-order valence-electron chi connectivity index (χ1n) is 6.37. The van der Waals surface area contributed by atoms with E-state index in [0.717, 1.165) is 25.7 Å². The second kappa shape index (κ2) is 5.15. The fourth-order valence-corrected chi connectivity index (χ4v) is 1.91. The zero-order valence-corrected chi connectivity index (χ0v) is 11.3. The van der Waals surface area contributed by atoms with Crippen LogP contribution < -0.4 is 0 Å². The third kappa shape index (κ3) is 3.27. The summed E-state index contributed by atoms with van der Waals surface area (Å²) in [5.74, 6) is -0.170. The number of rotatable bonds is 4. The van der Waals surface area contributed by atoms with Crippen molar-refractivity contribution in [2.24, 2.45) is 11.1 Å². The molecule has 0 heterocycles. The van der Waals surface area contributed by atoms with Gasteiger partial charge in [-0.1, -0.05) is 24.4 Å². The Kier molecular flexibility index (Phi) is 4.28. The topological polar surface area (TPSA) is 55.7 Å². The van der Waals surface area contributed by atoms with Gasteiger partial charge in [-0.05, 0) is 40.5 Å². The molecule has 1 saturated carbocycles. The molecular formula is C13H23NO3. The molecule has 0 unspecified atom stereocenters. The second-order valence-corrected chi connectivity index (χ2v) is 5.92. The van der Waals surface area contributed by atoms with Gasteiger partial charge in [0.1, 0.15) is 11.1 Å². The molecule has 0 aromatic rings. The van der Waals surface area contributed by atoms with Crippen LogP contribution in [0.1, 0.15) is 59.8 Å². The van der Waals surface area contributed by atoms with Crippen LogP contribution in [0.3, 0.4) is 0 Å². The highest BCUT2D eigenvalue weighted by molar-refractivity contribution is 5.73. The molecule has 0 atom stereocenters. The highest BCUT2D eigenvalue weighted by Crippen LogP contribution is 2.32. The molecule has 1 fully saturated rings. The van der Waals surface area contributed by atoms with E-state index in [-0.39, 0.29) is 11.9 Å². The van der Waals surface area contributed by atoms with Gasteiger partial charge < -0.3 is 4.74 Å². The minimum absolute atomic E-state index is 0.00507. The van der Waals surface area contributed by atoms with Crippen molar-refractivity contribution in [2.45, 2.75) is 70.9 Å². The lowest BCUT2D eigenvalue weighted by molar-refractivity contribution is -0.168. The summed E-state index contributed by atoms with van der Waals surface area (Å²) >= 11 is 0. The fourth-order valence-electron chi connectivity index (χ4n) is 1.91. The number of nitrogens with zero attached hydrogens (tertiary/aromatic N) is 1. The Balaban J connectivity index is 2.63. The Hall–Kier alpha value is -0.930. The summed E-state index contributed by atoms with van der Waals surface area (Å²) < 4.78 is 5.50. The van der Waals surface area contributed by atoms with Crippen molar-refractivity contribution < 1.29 is 9.53 Å². The fraction of sp³-hybridized carbons (Fsp3) is 0.923. The number of nitroso groups, excluding NO2 is 1. The highest BCUT2D eigenvalue weighted by atomic mass is 16.6. The van der Waals surface area contributed by atoms with Crippen molar-refractivity contribution in [1.29, 1.82) is 0 Å². The number of ether oxygens (including phenoxy) is 1. The third-order valence-electron chi connectivity index (χ3n) is 4.00. The standard InChI is InChI=1S/C13H23NO3/c1-12(2,14-16)13(3,4)17-11(15)10-8-6-5-7-9-10/h10H,5-9H2,1-4H3. The van der Waals surface area contributed by atoms with E-state index in [1.165, 1.54) is 6.42 Å². The van der Waals surface area contributed by atoms with Gasteiger partial charge in [-0.2, -0.15) is 4.91 Å². The average molecular weight is 241 g/mol. The smallest absolute Gasteiger partial charge is 0.309 e. The Bertz CT molecular complexity index is 291. The van der Waals surface area contributed by atoms with Gasteiger partial charge in [0.2, 0.25) is 0 Å². The maximum atomic E-state index is 12.0. The molecule has 0 N–H and O–H groups in total. The SMILES string of the molecule is CC(C)(N=O)C(C)(C)OC(=O)C1CCCCC1. The molecule has 0 saturated heterocycles. The molecule has 0 aliphatic heterocycles. The number of hydrogen-bond acceptors (Lipinski definition) is 4. The maximum absolute atomic E-state index is 12.0. The minimum Gasteiger partial charge on any atom is -0.457 e. The van der Waals surface area contributed by atoms with Crippen LogP contribution in [-0.2, 0) is 9.53 Å². The van der Waals surface area contributed by atoms with Crippen molar-refractivity contribution in [1.82, 2.24) is 0 Å². The summed E-state index contributed by atoms with van der Waals surface area (Å²) in [6, 6.07) is 0. The first-order chi connectivity index (χ1) is 7.80. The zero-order chi connectivity index (χ0) is 13.1. The van der Waals surface area contributed by atoms with Gasteiger partial charge in [-0.15, -0.1) is 0 Å². The summed E-state index contributed by atoms with van der Waals surface area (Å²) in [6.45, 7) is 6.87. The van der Waals surface area contributed by atoms with Gasteiger partial charge in [0.15, 0.2) is 0 Å². The predicted molar refractivity (Wildman–Crippen MR) is 66.6 cm³/mol. The molecule has 0 spiro atoms. The van der Waals surface area contributed by atoms with Gasteiger partial charge in [-0.25, -0.2) is 0 Å². The van der Waals surface area contributed by atoms with E-state index in [0.29, 0.717) is 0 Å². The van der Waals surface area contributed by atoms with E-state index in [9.17, 15) is 9.70 Å². The molecule has 0 radical (unpaired) electrons. The molecule has 0 bridgehead atoms. The predicted octanol–water partition coefficient (Wildman–Crippen LogP) is 3.43. The van der Waals surface area contributed by atoms with Gasteiger partial charge >= 0.3 is 5.97 Å². The lowest BCUT2D eigenvalue weighted by atomic mass is 9.85. The molecule has 1 rings (SSSR count). The Morgan fingerprint density at radius 2 is 1.65 bits per heavy atom. The molecular weight excluding hydrogens is 218 g/mol. The molecule has 0 amide bonds. The largest absolute Gasteiger partial charge is 0.457 e. The Morgan fingerprint density at radius 1 is 1.12 bits per heavy atom. The van der Waals surface area contributed by atoms with Gasteiger partial charge in [0.05, 0.1) is 5.92 Å². The Labute approximate surface area is 103 Å². The second-order valence-electron chi connectivity index (χ2n) is 5.92. The van der Waals surface area contributed by atoms with Gasteiger partial charge in [-0.3, -0.25) is 4.79 Å². The summed E-state index contributed by atoms with van der Waals surface area (Å²) in [6.07, 6.45) is 5.20. The van der Waals surface area contributed by atoms with E-state index in [1.807, 2.05) is 0 Å². The van der Waals surface area contributed by atoms with Crippen LogP contribution in [0.4, 0.5) is 0 Å². The monoisotopic (exact) mass is 241 g/mol. The molecule has 0 aromatic heterocycles. The lowest BCUT2D eigenvalue weighted by Gasteiger charge is -2.36. The summed E-state index contributed by atoms with van der Waals surface area (Å²) in [4.78, 5) is 22.8. The number of carbonyl (C=O) groups is 1. The molecule has 4 nitrogen and oxygen atoms in total. The van der Waals surface area contributed by atoms with Crippen LogP contribution in [0.5, 0.6) is 0 Å². The quantitative estimate of drug-likeness (QED) is 0.559. The third-order valence-corrected chi connectivity index (χ3v) is 4.00. The van der Waals surface area contributed by atoms with Crippen molar-refractivity contribution in [3.63, 3.8) is 0 Å². The van der Waals surface area contributed by atoms with Crippen molar-refractivity contribution in [2.75, 3.05) is 0 Å². The normalized spacial score (nSPS) is 18.8. The molecule has 1 aliphatic rings. The van der Waals surface area contributed by atoms with E-state index in [2.05, 4.69) is 5.18 Å². The Morgan fingerprint density at radius 3 is 2.12 bits per heavy atom. The number of carbonyl (C=O) groups excluding carboxylic acids is 1. The van der Waals surface area contributed by atoms with E-state index in [1.54, 1.807) is 27.7 Å². The minimum atomic E-state index is -0.905. The van der Waals surface area contributed by atoms with E-state index in [4.69, 9.17) is 4.74 Å². The molecule has 98 valence electrons. The van der Waals surface area contributed by atoms with Crippen LogP contribution in [0.15, 0.2) is 5.18 Å². The zero-order valence-electron chi connectivity index (χ0n) is 11.3. The number of esters is 1. The lowest BCUT2D eigenvalue weighted by Crippen LogP contribution is -2.48. The van der Waals surface area contributed by atoms with Crippen molar-refractivity contribution in [3.8, 4) is 0 Å². The first kappa shape index (κ1) is 14.1. The number of hydrogen-bond donors (Lipinski definition) is 0. The summed E-state index contributed by atoms with van der Waals surface area (Å²) in [5.41, 5.74) is -1.76. The van der Waals surface area contributed by atoms with Crippen LogP contribution >= 0.6 is 0 Å². The summed E-state index contributed by atoms with van der Waals surface area (Å²) in [7, 11) is 0. The van der Waals surface area contributed by atoms with E-state index >= 15 is 0 Å². The van der Waals surface area contributed by atoms with E-state index < -0.39 is 11.1 Å². The molecule has 17 heavy (non-hydrogen) atoms. The van der Waals surface area contributed by atoms with Crippen molar-refractivity contribution >= 4 is 5.97 Å². The van der Waals surface area contributed by atoms with Crippen LogP contribution in [-0.4, -0.2) is 17.1 Å². The maximum Gasteiger partial charge on any atom is 0.309 e. The van der Waals surface area contributed by atoms with Gasteiger partial charge in [0, 0.05) is 0 Å². The highest BCUT2D eigenvalue weighted by Gasteiger charge is 2.43. The van der Waals surface area contributed by atoms with Crippen LogP contribution in [0.25, 0.3) is 0 Å². The van der Waals surface area contributed by atoms with Crippen molar-refractivity contribution in [3.05, 3.63) is 4.91 Å². The van der Waals surface area contributed by atoms with Crippen LogP contribution in [0.2, 0.25) is 0 Å². The molecule has 0 aromatic carbocycles. The average Bonchev–Trinajstić information content (AvgIpc) is 2.29.